The third kappa shape index (κ3) is 5.95. The van der Waals surface area contributed by atoms with Gasteiger partial charge in [-0.05, 0) is 37.0 Å². The van der Waals surface area contributed by atoms with Gasteiger partial charge in [0.1, 0.15) is 0 Å². The highest BCUT2D eigenvalue weighted by atomic mass is 16.5. The van der Waals surface area contributed by atoms with Crippen LogP contribution in [0.15, 0.2) is 24.3 Å². The Bertz CT molecular complexity index is 520. The molecule has 0 aliphatic rings. The van der Waals surface area contributed by atoms with Crippen molar-refractivity contribution in [1.82, 2.24) is 0 Å². The third-order valence-electron chi connectivity index (χ3n) is 3.40. The Morgan fingerprint density at radius 1 is 1.09 bits per heavy atom. The second-order valence-corrected chi connectivity index (χ2v) is 5.07. The Labute approximate surface area is 128 Å². The molecule has 0 bridgehead atoms. The van der Waals surface area contributed by atoms with E-state index in [0.29, 0.717) is 31.2 Å². The molecule has 6 heteroatoms. The first-order valence-electron chi connectivity index (χ1n) is 7.06. The van der Waals surface area contributed by atoms with Gasteiger partial charge in [-0.15, -0.1) is 0 Å². The van der Waals surface area contributed by atoms with Gasteiger partial charge in [0.2, 0.25) is 0 Å². The third-order valence-corrected chi connectivity index (χ3v) is 3.40. The number of carbonyl (C=O) groups is 3. The van der Waals surface area contributed by atoms with Crippen LogP contribution < -0.4 is 0 Å². The number of hydrogen-bond donors (Lipinski definition) is 2. The lowest BCUT2D eigenvalue weighted by Crippen LogP contribution is -2.16. The topological polar surface area (TPSA) is 101 Å². The zero-order chi connectivity index (χ0) is 16.5. The van der Waals surface area contributed by atoms with E-state index < -0.39 is 23.8 Å². The van der Waals surface area contributed by atoms with Crippen LogP contribution in [0.25, 0.3) is 0 Å². The van der Waals surface area contributed by atoms with Gasteiger partial charge >= 0.3 is 17.9 Å². The van der Waals surface area contributed by atoms with E-state index in [2.05, 4.69) is 4.74 Å². The minimum Gasteiger partial charge on any atom is -0.481 e. The number of aliphatic carboxylic acids is 2. The van der Waals surface area contributed by atoms with Crippen molar-refractivity contribution in [2.24, 2.45) is 5.92 Å². The molecule has 0 saturated heterocycles. The maximum absolute atomic E-state index is 11.3. The fourth-order valence-electron chi connectivity index (χ4n) is 2.16. The van der Waals surface area contributed by atoms with Gasteiger partial charge in [-0.2, -0.15) is 0 Å². The number of hydrogen-bond acceptors (Lipinski definition) is 4. The van der Waals surface area contributed by atoms with Crippen LogP contribution in [-0.2, 0) is 20.7 Å². The van der Waals surface area contributed by atoms with Crippen molar-refractivity contribution in [3.8, 4) is 0 Å². The summed E-state index contributed by atoms with van der Waals surface area (Å²) in [6, 6.07) is 6.62. The van der Waals surface area contributed by atoms with Crippen LogP contribution in [0.3, 0.4) is 0 Å². The first-order valence-corrected chi connectivity index (χ1v) is 7.06. The molecule has 0 heterocycles. The van der Waals surface area contributed by atoms with E-state index in [9.17, 15) is 19.5 Å². The summed E-state index contributed by atoms with van der Waals surface area (Å²) in [6.07, 6.45) is 1.87. The van der Waals surface area contributed by atoms with Crippen LogP contribution in [0.4, 0.5) is 0 Å². The van der Waals surface area contributed by atoms with Crippen LogP contribution in [0.2, 0.25) is 0 Å². The fourth-order valence-corrected chi connectivity index (χ4v) is 2.16. The Morgan fingerprint density at radius 2 is 1.73 bits per heavy atom. The number of carbonyl (C=O) groups excluding carboxylic acids is 1. The number of esters is 1. The minimum absolute atomic E-state index is 0.0557. The fraction of sp³-hybridized carbons (Fsp3) is 0.438. The molecule has 1 aromatic carbocycles. The van der Waals surface area contributed by atoms with Gasteiger partial charge in [-0.25, -0.2) is 4.79 Å². The number of rotatable bonds is 9. The maximum atomic E-state index is 11.3. The summed E-state index contributed by atoms with van der Waals surface area (Å²) in [5, 5.41) is 17.8. The summed E-state index contributed by atoms with van der Waals surface area (Å²) >= 11 is 0. The predicted molar refractivity (Wildman–Crippen MR) is 78.7 cm³/mol. The molecule has 0 spiro atoms. The summed E-state index contributed by atoms with van der Waals surface area (Å²) in [7, 11) is 1.30. The molecular formula is C16H20O6. The van der Waals surface area contributed by atoms with Gasteiger partial charge in [0, 0.05) is 6.42 Å². The van der Waals surface area contributed by atoms with Gasteiger partial charge in [-0.1, -0.05) is 18.6 Å². The van der Waals surface area contributed by atoms with Crippen LogP contribution in [0.1, 0.15) is 41.6 Å². The molecule has 120 valence electrons. The van der Waals surface area contributed by atoms with Gasteiger partial charge in [-0.3, -0.25) is 9.59 Å². The summed E-state index contributed by atoms with van der Waals surface area (Å²) in [5.74, 6) is -2.76. The van der Waals surface area contributed by atoms with Gasteiger partial charge in [0.05, 0.1) is 18.6 Å². The van der Waals surface area contributed by atoms with Crippen molar-refractivity contribution < 1.29 is 29.3 Å². The van der Waals surface area contributed by atoms with E-state index in [1.807, 2.05) is 0 Å². The molecule has 1 rings (SSSR count). The zero-order valence-corrected chi connectivity index (χ0v) is 12.4. The molecule has 0 aliphatic carbocycles. The lowest BCUT2D eigenvalue weighted by molar-refractivity contribution is -0.142. The van der Waals surface area contributed by atoms with E-state index in [4.69, 9.17) is 5.11 Å². The number of carboxylic acids is 2. The molecule has 0 aliphatic heterocycles. The Morgan fingerprint density at radius 3 is 2.23 bits per heavy atom. The van der Waals surface area contributed by atoms with Crippen molar-refractivity contribution in [2.75, 3.05) is 7.11 Å². The number of carboxylic acid groups (broad SMARTS) is 2. The average Bonchev–Trinajstić information content (AvgIpc) is 2.49. The highest BCUT2D eigenvalue weighted by Crippen LogP contribution is 2.17. The summed E-state index contributed by atoms with van der Waals surface area (Å²) < 4.78 is 4.60. The smallest absolute Gasteiger partial charge is 0.337 e. The summed E-state index contributed by atoms with van der Waals surface area (Å²) in [5.41, 5.74) is 1.23. The molecule has 1 aromatic rings. The van der Waals surface area contributed by atoms with Crippen molar-refractivity contribution in [3.05, 3.63) is 35.4 Å². The monoisotopic (exact) mass is 308 g/mol. The second-order valence-electron chi connectivity index (χ2n) is 5.07. The van der Waals surface area contributed by atoms with Gasteiger partial charge < -0.3 is 14.9 Å². The van der Waals surface area contributed by atoms with E-state index in [1.165, 1.54) is 7.11 Å². The van der Waals surface area contributed by atoms with Crippen LogP contribution in [-0.4, -0.2) is 35.2 Å². The van der Waals surface area contributed by atoms with Crippen molar-refractivity contribution >= 4 is 17.9 Å². The highest BCUT2D eigenvalue weighted by molar-refractivity contribution is 5.89. The molecule has 0 aromatic heterocycles. The summed E-state index contributed by atoms with van der Waals surface area (Å²) in [6.45, 7) is 0. The molecule has 0 saturated carbocycles. The largest absolute Gasteiger partial charge is 0.481 e. The standard InChI is InChI=1S/C16H20O6/c1-22-16(21)12-8-6-11(7-9-12)10-13(15(19)20)4-2-3-5-14(17)18/h6-9,13H,2-5,10H2,1H3,(H,17,18)(H,19,20). The van der Waals surface area contributed by atoms with Crippen molar-refractivity contribution in [2.45, 2.75) is 32.1 Å². The molecule has 1 unspecified atom stereocenters. The number of benzene rings is 1. The molecule has 0 radical (unpaired) electrons. The predicted octanol–water partition coefficient (Wildman–Crippen LogP) is 2.36. The molecule has 2 N–H and O–H groups in total. The van der Waals surface area contributed by atoms with Gasteiger partial charge in [0.25, 0.3) is 0 Å². The Hall–Kier alpha value is -2.37. The van der Waals surface area contributed by atoms with Crippen molar-refractivity contribution in [3.63, 3.8) is 0 Å². The molecule has 1 atom stereocenters. The Balaban J connectivity index is 2.57. The van der Waals surface area contributed by atoms with E-state index in [-0.39, 0.29) is 6.42 Å². The second kappa shape index (κ2) is 8.81. The molecule has 6 nitrogen and oxygen atoms in total. The molecule has 0 fully saturated rings. The van der Waals surface area contributed by atoms with E-state index in [0.717, 1.165) is 5.56 Å². The molecular weight excluding hydrogens is 288 g/mol. The maximum Gasteiger partial charge on any atom is 0.337 e. The number of unbranched alkanes of at least 4 members (excludes halogenated alkanes) is 1. The minimum atomic E-state index is -0.896. The van der Waals surface area contributed by atoms with Crippen LogP contribution in [0, 0.1) is 5.92 Å². The lowest BCUT2D eigenvalue weighted by Gasteiger charge is -2.12. The first-order chi connectivity index (χ1) is 10.4. The normalized spacial score (nSPS) is 11.7. The zero-order valence-electron chi connectivity index (χ0n) is 12.4. The quantitative estimate of drug-likeness (QED) is 0.536. The van der Waals surface area contributed by atoms with Crippen molar-refractivity contribution in [1.29, 1.82) is 0 Å². The molecule has 22 heavy (non-hydrogen) atoms. The summed E-state index contributed by atoms with van der Waals surface area (Å²) in [4.78, 5) is 33.0. The lowest BCUT2D eigenvalue weighted by atomic mass is 9.93. The van der Waals surface area contributed by atoms with Gasteiger partial charge in [0.15, 0.2) is 0 Å². The highest BCUT2D eigenvalue weighted by Gasteiger charge is 2.18. The first kappa shape index (κ1) is 17.7. The Kier molecular flexibility index (Phi) is 7.08. The molecule has 0 amide bonds. The van der Waals surface area contributed by atoms with Crippen LogP contribution >= 0.6 is 0 Å². The number of ether oxygens (including phenoxy) is 1. The average molecular weight is 308 g/mol. The van der Waals surface area contributed by atoms with Crippen LogP contribution in [0.5, 0.6) is 0 Å². The number of methoxy groups -OCH3 is 1. The SMILES string of the molecule is COC(=O)c1ccc(CC(CCCCC(=O)O)C(=O)O)cc1. The van der Waals surface area contributed by atoms with E-state index >= 15 is 0 Å². The van der Waals surface area contributed by atoms with E-state index in [1.54, 1.807) is 24.3 Å².